The topological polar surface area (TPSA) is 37.8 Å². The van der Waals surface area contributed by atoms with Crippen LogP contribution in [0.1, 0.15) is 6.99 Å². The van der Waals surface area contributed by atoms with Gasteiger partial charge in [0.15, 0.2) is 0 Å². The second-order valence-corrected chi connectivity index (χ2v) is 3.01. The SMILES string of the molecule is Cc1ccc2c(c1)[nH]c(=O)n2C.[HH]. The lowest BCUT2D eigenvalue weighted by Gasteiger charge is -1.93. The molecule has 0 aliphatic carbocycles. The van der Waals surface area contributed by atoms with Crippen LogP contribution in [0.4, 0.5) is 0 Å². The molecule has 0 atom stereocenters. The normalized spacial score (nSPS) is 10.8. The largest absolute Gasteiger partial charge is 0.326 e. The summed E-state index contributed by atoms with van der Waals surface area (Å²) in [5.74, 6) is 0. The molecule has 0 bridgehead atoms. The third-order valence-electron chi connectivity index (χ3n) is 2.06. The number of hydrogen-bond acceptors (Lipinski definition) is 1. The van der Waals surface area contributed by atoms with E-state index in [2.05, 4.69) is 4.98 Å². The van der Waals surface area contributed by atoms with Crippen LogP contribution in [0, 0.1) is 6.92 Å². The minimum atomic E-state index is -0.0596. The fraction of sp³-hybridized carbons (Fsp3) is 0.222. The van der Waals surface area contributed by atoms with Gasteiger partial charge in [-0.05, 0) is 24.6 Å². The van der Waals surface area contributed by atoms with E-state index in [1.807, 2.05) is 25.1 Å². The zero-order valence-electron chi connectivity index (χ0n) is 7.09. The minimum Gasteiger partial charge on any atom is -0.306 e. The monoisotopic (exact) mass is 164 g/mol. The van der Waals surface area contributed by atoms with Gasteiger partial charge in [0, 0.05) is 8.47 Å². The van der Waals surface area contributed by atoms with Gasteiger partial charge in [0.2, 0.25) is 0 Å². The molecule has 0 spiro atoms. The number of aromatic amines is 1. The molecule has 0 radical (unpaired) electrons. The van der Waals surface area contributed by atoms with Gasteiger partial charge in [0.1, 0.15) is 0 Å². The van der Waals surface area contributed by atoms with E-state index in [0.717, 1.165) is 16.6 Å². The van der Waals surface area contributed by atoms with Crippen molar-refractivity contribution in [3.05, 3.63) is 34.2 Å². The van der Waals surface area contributed by atoms with Crippen molar-refractivity contribution in [3.8, 4) is 0 Å². The highest BCUT2D eigenvalue weighted by Crippen LogP contribution is 2.10. The maximum absolute atomic E-state index is 11.2. The third kappa shape index (κ3) is 0.863. The average Bonchev–Trinajstić information content (AvgIpc) is 2.28. The highest BCUT2D eigenvalue weighted by molar-refractivity contribution is 5.75. The Balaban J connectivity index is 0.000000845. The molecule has 2 rings (SSSR count). The quantitative estimate of drug-likeness (QED) is 0.628. The molecule has 1 aromatic heterocycles. The van der Waals surface area contributed by atoms with E-state index in [0.29, 0.717) is 0 Å². The van der Waals surface area contributed by atoms with E-state index in [1.165, 1.54) is 0 Å². The summed E-state index contributed by atoms with van der Waals surface area (Å²) in [6.07, 6.45) is 0. The first-order valence-corrected chi connectivity index (χ1v) is 3.84. The van der Waals surface area contributed by atoms with Crippen LogP contribution in [0.15, 0.2) is 23.0 Å². The molecule has 0 amide bonds. The molecule has 3 heteroatoms. The summed E-state index contributed by atoms with van der Waals surface area (Å²) < 4.78 is 1.61. The number of rotatable bonds is 0. The highest BCUT2D eigenvalue weighted by Gasteiger charge is 2.00. The summed E-state index contributed by atoms with van der Waals surface area (Å²) >= 11 is 0. The van der Waals surface area contributed by atoms with Crippen LogP contribution in [0.25, 0.3) is 11.0 Å². The van der Waals surface area contributed by atoms with Gasteiger partial charge in [-0.1, -0.05) is 6.07 Å². The Labute approximate surface area is 71.1 Å². The van der Waals surface area contributed by atoms with Crippen LogP contribution < -0.4 is 5.69 Å². The van der Waals surface area contributed by atoms with Crippen molar-refractivity contribution in [1.29, 1.82) is 0 Å². The first-order valence-electron chi connectivity index (χ1n) is 3.84. The van der Waals surface area contributed by atoms with E-state index in [4.69, 9.17) is 0 Å². The zero-order valence-corrected chi connectivity index (χ0v) is 7.09. The molecule has 0 saturated heterocycles. The number of benzene rings is 1. The van der Waals surface area contributed by atoms with E-state index < -0.39 is 0 Å². The van der Waals surface area contributed by atoms with Gasteiger partial charge in [-0.2, -0.15) is 0 Å². The number of imidazole rings is 1. The molecule has 64 valence electrons. The van der Waals surface area contributed by atoms with E-state index in [9.17, 15) is 4.79 Å². The Hall–Kier alpha value is -1.51. The second-order valence-electron chi connectivity index (χ2n) is 3.01. The molecule has 12 heavy (non-hydrogen) atoms. The third-order valence-corrected chi connectivity index (χ3v) is 2.06. The summed E-state index contributed by atoms with van der Waals surface area (Å²) in [6, 6.07) is 5.91. The maximum Gasteiger partial charge on any atom is 0.326 e. The van der Waals surface area contributed by atoms with Crippen LogP contribution in [-0.4, -0.2) is 9.55 Å². The summed E-state index contributed by atoms with van der Waals surface area (Å²) in [5, 5.41) is 0. The number of nitrogens with one attached hydrogen (secondary N) is 1. The maximum atomic E-state index is 11.2. The van der Waals surface area contributed by atoms with Crippen LogP contribution >= 0.6 is 0 Å². The first kappa shape index (κ1) is 7.16. The Morgan fingerprint density at radius 1 is 1.50 bits per heavy atom. The summed E-state index contributed by atoms with van der Waals surface area (Å²) in [7, 11) is 1.76. The predicted octanol–water partition coefficient (Wildman–Crippen LogP) is 1.42. The van der Waals surface area contributed by atoms with Crippen molar-refractivity contribution in [2.45, 2.75) is 6.92 Å². The van der Waals surface area contributed by atoms with Crippen molar-refractivity contribution in [2.24, 2.45) is 7.05 Å². The fourth-order valence-electron chi connectivity index (χ4n) is 1.35. The lowest BCUT2D eigenvalue weighted by Crippen LogP contribution is -2.11. The molecule has 0 aliphatic heterocycles. The van der Waals surface area contributed by atoms with Crippen LogP contribution in [-0.2, 0) is 7.05 Å². The van der Waals surface area contributed by atoms with Crippen molar-refractivity contribution in [1.82, 2.24) is 9.55 Å². The number of hydrogen-bond donors (Lipinski definition) is 1. The number of nitrogens with zero attached hydrogens (tertiary/aromatic N) is 1. The molecule has 0 fully saturated rings. The smallest absolute Gasteiger partial charge is 0.306 e. The van der Waals surface area contributed by atoms with Crippen LogP contribution in [0.3, 0.4) is 0 Å². The molecule has 3 nitrogen and oxygen atoms in total. The van der Waals surface area contributed by atoms with Crippen molar-refractivity contribution < 1.29 is 1.43 Å². The van der Waals surface area contributed by atoms with E-state index in [1.54, 1.807) is 11.6 Å². The van der Waals surface area contributed by atoms with Gasteiger partial charge >= 0.3 is 5.69 Å². The van der Waals surface area contributed by atoms with E-state index >= 15 is 0 Å². The Kier molecular flexibility index (Phi) is 1.33. The highest BCUT2D eigenvalue weighted by atomic mass is 16.1. The molecule has 0 aliphatic rings. The fourth-order valence-corrected chi connectivity index (χ4v) is 1.35. The molecular weight excluding hydrogens is 152 g/mol. The van der Waals surface area contributed by atoms with Gasteiger partial charge in [-0.15, -0.1) is 0 Å². The number of H-pyrrole nitrogens is 1. The molecule has 2 aromatic rings. The molecular formula is C9H12N2O. The average molecular weight is 164 g/mol. The summed E-state index contributed by atoms with van der Waals surface area (Å²) in [6.45, 7) is 2.00. The lowest BCUT2D eigenvalue weighted by molar-refractivity contribution is 0.891. The van der Waals surface area contributed by atoms with E-state index in [-0.39, 0.29) is 7.12 Å². The Morgan fingerprint density at radius 2 is 2.25 bits per heavy atom. The second kappa shape index (κ2) is 2.24. The van der Waals surface area contributed by atoms with Crippen LogP contribution in [0.2, 0.25) is 0 Å². The number of aryl methyl sites for hydroxylation is 2. The molecule has 1 N–H and O–H groups in total. The summed E-state index contributed by atoms with van der Waals surface area (Å²) in [4.78, 5) is 13.9. The van der Waals surface area contributed by atoms with Crippen molar-refractivity contribution in [3.63, 3.8) is 0 Å². The lowest BCUT2D eigenvalue weighted by atomic mass is 10.2. The zero-order chi connectivity index (χ0) is 8.72. The van der Waals surface area contributed by atoms with Crippen molar-refractivity contribution >= 4 is 11.0 Å². The van der Waals surface area contributed by atoms with Crippen molar-refractivity contribution in [2.75, 3.05) is 0 Å². The van der Waals surface area contributed by atoms with Gasteiger partial charge < -0.3 is 4.98 Å². The molecule has 1 aromatic carbocycles. The minimum absolute atomic E-state index is 0. The van der Waals surface area contributed by atoms with Gasteiger partial charge in [0.05, 0.1) is 11.0 Å². The van der Waals surface area contributed by atoms with Crippen LogP contribution in [0.5, 0.6) is 0 Å². The molecule has 0 saturated carbocycles. The Bertz CT molecular complexity index is 484. The van der Waals surface area contributed by atoms with Gasteiger partial charge in [-0.25, -0.2) is 4.79 Å². The van der Waals surface area contributed by atoms with Gasteiger partial charge in [0.25, 0.3) is 0 Å². The molecule has 1 heterocycles. The van der Waals surface area contributed by atoms with Gasteiger partial charge in [-0.3, -0.25) is 4.57 Å². The first-order chi connectivity index (χ1) is 5.68. The predicted molar refractivity (Wildman–Crippen MR) is 50.4 cm³/mol. The Morgan fingerprint density at radius 3 is 3.00 bits per heavy atom. The standard InChI is InChI=1S/C9H10N2O.H2/c1-6-3-4-8-7(5-6)10-9(12)11(8)2;/h3-5H,1-2H3,(H,10,12);1H. The molecule has 0 unspecified atom stereocenters. The number of fused-ring (bicyclic) bond motifs is 1. The summed E-state index contributed by atoms with van der Waals surface area (Å²) in [5.41, 5.74) is 2.95. The number of aromatic nitrogens is 2.